The lowest BCUT2D eigenvalue weighted by Gasteiger charge is -2.29. The molecule has 2 amide bonds. The lowest BCUT2D eigenvalue weighted by atomic mass is 9.93. The third-order valence-electron chi connectivity index (χ3n) is 6.12. The summed E-state index contributed by atoms with van der Waals surface area (Å²) in [4.78, 5) is 29.7. The highest BCUT2D eigenvalue weighted by Gasteiger charge is 2.59. The molecule has 1 aromatic heterocycles. The molecule has 1 aliphatic carbocycles. The maximum Gasteiger partial charge on any atom is 0.408 e. The molecular formula is C25H30FN3O5. The molecule has 2 aliphatic rings. The van der Waals surface area contributed by atoms with Crippen molar-refractivity contribution < 1.29 is 28.6 Å². The Morgan fingerprint density at radius 1 is 1.09 bits per heavy atom. The summed E-state index contributed by atoms with van der Waals surface area (Å²) in [6, 6.07) is 9.59. The summed E-state index contributed by atoms with van der Waals surface area (Å²) in [6.07, 6.45) is -1.58. The number of rotatable bonds is 5. The molecule has 2 aromatic rings. The number of piperidine rings is 1. The molecule has 8 nitrogen and oxygen atoms in total. The van der Waals surface area contributed by atoms with E-state index in [-0.39, 0.29) is 23.8 Å². The molecule has 2 heterocycles. The number of nitrogens with zero attached hydrogens (tertiary/aromatic N) is 2. The Bertz CT molecular complexity index is 1080. The zero-order valence-corrected chi connectivity index (χ0v) is 20.0. The molecule has 9 heteroatoms. The van der Waals surface area contributed by atoms with Gasteiger partial charge in [-0.25, -0.2) is 19.0 Å². The largest absolute Gasteiger partial charge is 0.474 e. The van der Waals surface area contributed by atoms with Crippen molar-refractivity contribution in [2.45, 2.75) is 51.9 Å². The minimum atomic E-state index is -0.917. The fourth-order valence-electron chi connectivity index (χ4n) is 4.27. The molecule has 0 spiro atoms. The first-order chi connectivity index (χ1) is 15.8. The van der Waals surface area contributed by atoms with Crippen molar-refractivity contribution in [3.05, 3.63) is 47.8 Å². The van der Waals surface area contributed by atoms with Gasteiger partial charge in [0.1, 0.15) is 17.5 Å². The van der Waals surface area contributed by atoms with E-state index in [4.69, 9.17) is 9.47 Å². The number of benzene rings is 1. The molecule has 4 rings (SSSR count). The number of hydrogen-bond acceptors (Lipinski definition) is 5. The number of amides is 2. The van der Waals surface area contributed by atoms with Gasteiger partial charge in [-0.3, -0.25) is 0 Å². The number of hydrogen-bond donors (Lipinski definition) is 2. The molecule has 1 saturated heterocycles. The minimum Gasteiger partial charge on any atom is -0.474 e. The Hall–Kier alpha value is -3.36. The van der Waals surface area contributed by atoms with Crippen LogP contribution in [0.4, 0.5) is 14.0 Å². The van der Waals surface area contributed by atoms with Crippen LogP contribution in [0.25, 0.3) is 11.3 Å². The number of carboxylic acid groups (broad SMARTS) is 1. The van der Waals surface area contributed by atoms with Crippen LogP contribution in [0.1, 0.15) is 40.2 Å². The second-order valence-electron chi connectivity index (χ2n) is 10.4. The predicted molar refractivity (Wildman–Crippen MR) is 123 cm³/mol. The number of carbonyl (C=O) groups is 2. The van der Waals surface area contributed by atoms with Gasteiger partial charge in [0, 0.05) is 36.6 Å². The molecular weight excluding hydrogens is 441 g/mol. The first-order valence-corrected chi connectivity index (χ1v) is 11.3. The van der Waals surface area contributed by atoms with Crippen molar-refractivity contribution in [1.29, 1.82) is 0 Å². The Morgan fingerprint density at radius 2 is 1.71 bits per heavy atom. The number of likely N-dealkylation sites (tertiary alicyclic amines) is 1. The van der Waals surface area contributed by atoms with Crippen LogP contribution in [0.15, 0.2) is 36.4 Å². The van der Waals surface area contributed by atoms with Gasteiger partial charge in [-0.2, -0.15) is 0 Å². The highest BCUT2D eigenvalue weighted by Crippen LogP contribution is 2.48. The lowest BCUT2D eigenvalue weighted by Crippen LogP contribution is -2.43. The van der Waals surface area contributed by atoms with Crippen LogP contribution < -0.4 is 10.1 Å². The summed E-state index contributed by atoms with van der Waals surface area (Å²) in [5, 5.41) is 12.1. The maximum absolute atomic E-state index is 13.5. The van der Waals surface area contributed by atoms with Crippen LogP contribution in [-0.2, 0) is 10.3 Å². The van der Waals surface area contributed by atoms with Crippen molar-refractivity contribution in [3.8, 4) is 17.1 Å². The van der Waals surface area contributed by atoms with Gasteiger partial charge in [-0.1, -0.05) is 0 Å². The Morgan fingerprint density at radius 3 is 2.26 bits per heavy atom. The van der Waals surface area contributed by atoms with E-state index in [0.29, 0.717) is 30.2 Å². The van der Waals surface area contributed by atoms with Gasteiger partial charge in [0.2, 0.25) is 5.88 Å². The molecule has 0 bridgehead atoms. The SMILES string of the molecule is CC(C)(C)OC(=O)NC(C)(C)c1cc(OC2[C@H]3CN(C(=O)O)C[C@@H]23)nc(-c2ccc(F)cc2)c1. The Balaban J connectivity index is 1.60. The van der Waals surface area contributed by atoms with Crippen LogP contribution in [-0.4, -0.2) is 52.0 Å². The van der Waals surface area contributed by atoms with Crippen LogP contribution in [0.5, 0.6) is 5.88 Å². The van der Waals surface area contributed by atoms with E-state index in [2.05, 4.69) is 10.3 Å². The van der Waals surface area contributed by atoms with Gasteiger partial charge in [-0.15, -0.1) is 0 Å². The zero-order valence-electron chi connectivity index (χ0n) is 20.0. The highest BCUT2D eigenvalue weighted by molar-refractivity contribution is 5.70. The standard InChI is InChI=1S/C25H30FN3O5/c1-24(2,3)34-22(30)28-25(4,5)15-10-19(14-6-8-16(26)9-7-14)27-20(11-15)33-21-17-12-29(23(31)32)13-18(17)21/h6-11,17-18,21H,12-13H2,1-5H3,(H,28,30)(H,31,32)/t17-,18+,21?. The van der Waals surface area contributed by atoms with Crippen molar-refractivity contribution in [3.63, 3.8) is 0 Å². The maximum atomic E-state index is 13.5. The first kappa shape index (κ1) is 23.8. The van der Waals surface area contributed by atoms with E-state index in [1.54, 1.807) is 39.0 Å². The van der Waals surface area contributed by atoms with Crippen LogP contribution in [0, 0.1) is 17.7 Å². The summed E-state index contributed by atoms with van der Waals surface area (Å²) in [7, 11) is 0. The van der Waals surface area contributed by atoms with E-state index in [1.165, 1.54) is 17.0 Å². The Kier molecular flexibility index (Phi) is 5.91. The van der Waals surface area contributed by atoms with E-state index < -0.39 is 23.3 Å². The van der Waals surface area contributed by atoms with Gasteiger partial charge in [0.05, 0.1) is 11.2 Å². The number of alkyl carbamates (subject to hydrolysis) is 1. The summed E-state index contributed by atoms with van der Waals surface area (Å²) >= 11 is 0. The Labute approximate surface area is 198 Å². The molecule has 1 aromatic carbocycles. The van der Waals surface area contributed by atoms with Crippen LogP contribution in [0.3, 0.4) is 0 Å². The second-order valence-corrected chi connectivity index (χ2v) is 10.4. The van der Waals surface area contributed by atoms with Crippen molar-refractivity contribution in [1.82, 2.24) is 15.2 Å². The topological polar surface area (TPSA) is 101 Å². The quantitative estimate of drug-likeness (QED) is 0.659. The van der Waals surface area contributed by atoms with Crippen LogP contribution in [0.2, 0.25) is 0 Å². The van der Waals surface area contributed by atoms with Gasteiger partial charge in [0.25, 0.3) is 0 Å². The number of pyridine rings is 1. The number of nitrogens with one attached hydrogen (secondary N) is 1. The summed E-state index contributed by atoms with van der Waals surface area (Å²) in [5.74, 6) is 0.307. The second kappa shape index (κ2) is 8.45. The van der Waals surface area contributed by atoms with E-state index >= 15 is 0 Å². The van der Waals surface area contributed by atoms with Crippen molar-refractivity contribution >= 4 is 12.2 Å². The molecule has 182 valence electrons. The number of carbonyl (C=O) groups excluding carboxylic acids is 1. The van der Waals surface area contributed by atoms with Crippen LogP contribution >= 0.6 is 0 Å². The molecule has 34 heavy (non-hydrogen) atoms. The van der Waals surface area contributed by atoms with E-state index in [1.807, 2.05) is 19.9 Å². The number of ether oxygens (including phenoxy) is 2. The lowest BCUT2D eigenvalue weighted by molar-refractivity contribution is 0.0470. The van der Waals surface area contributed by atoms with Gasteiger partial charge < -0.3 is 24.8 Å². The molecule has 0 radical (unpaired) electrons. The monoisotopic (exact) mass is 471 g/mol. The fraction of sp³-hybridized carbons (Fsp3) is 0.480. The predicted octanol–water partition coefficient (Wildman–Crippen LogP) is 4.63. The molecule has 2 N–H and O–H groups in total. The fourth-order valence-corrected chi connectivity index (χ4v) is 4.27. The number of fused-ring (bicyclic) bond motifs is 1. The molecule has 3 atom stereocenters. The molecule has 1 unspecified atom stereocenters. The molecule has 1 saturated carbocycles. The third-order valence-corrected chi connectivity index (χ3v) is 6.12. The highest BCUT2D eigenvalue weighted by atomic mass is 19.1. The summed E-state index contributed by atoms with van der Waals surface area (Å²) in [5.41, 5.74) is 0.552. The first-order valence-electron chi connectivity index (χ1n) is 11.3. The number of halogens is 1. The zero-order chi connectivity index (χ0) is 24.8. The van der Waals surface area contributed by atoms with Crippen molar-refractivity contribution in [2.24, 2.45) is 11.8 Å². The average Bonchev–Trinajstić information content (AvgIpc) is 3.14. The van der Waals surface area contributed by atoms with Gasteiger partial charge >= 0.3 is 12.2 Å². The van der Waals surface area contributed by atoms with E-state index in [9.17, 15) is 19.1 Å². The summed E-state index contributed by atoms with van der Waals surface area (Å²) < 4.78 is 25.1. The normalized spacial score (nSPS) is 21.6. The summed E-state index contributed by atoms with van der Waals surface area (Å²) in [6.45, 7) is 9.97. The minimum absolute atomic E-state index is 0.110. The molecule has 1 aliphatic heterocycles. The number of aromatic nitrogens is 1. The molecule has 2 fully saturated rings. The van der Waals surface area contributed by atoms with E-state index in [0.717, 1.165) is 5.56 Å². The van der Waals surface area contributed by atoms with Crippen molar-refractivity contribution in [2.75, 3.05) is 13.1 Å². The van der Waals surface area contributed by atoms with Gasteiger partial charge in [0.15, 0.2) is 0 Å². The van der Waals surface area contributed by atoms with Gasteiger partial charge in [-0.05, 0) is 70.5 Å². The third kappa shape index (κ3) is 5.24. The average molecular weight is 472 g/mol. The smallest absolute Gasteiger partial charge is 0.408 e.